The second-order valence-electron chi connectivity index (χ2n) is 27.1. The van der Waals surface area contributed by atoms with Gasteiger partial charge in [-0.3, -0.25) is 0 Å². The van der Waals surface area contributed by atoms with Gasteiger partial charge < -0.3 is 14.7 Å². The van der Waals surface area contributed by atoms with Gasteiger partial charge in [0.25, 0.3) is 6.71 Å². The molecule has 5 aliphatic rings. The number of aryl methyl sites for hydroxylation is 3. The molecule has 4 heteroatoms. The lowest BCUT2D eigenvalue weighted by atomic mass is 9.33. The average molecular weight is 994 g/mol. The Kier molecular flexibility index (Phi) is 10.8. The van der Waals surface area contributed by atoms with Gasteiger partial charge in [-0.25, -0.2) is 0 Å². The topological polar surface area (TPSA) is 9.72 Å². The lowest BCUT2D eigenvalue weighted by molar-refractivity contribution is 0.195. The summed E-state index contributed by atoms with van der Waals surface area (Å²) >= 11 is 0. The van der Waals surface area contributed by atoms with Crippen LogP contribution in [0.5, 0.6) is 0 Å². The van der Waals surface area contributed by atoms with Gasteiger partial charge >= 0.3 is 0 Å². The van der Waals surface area contributed by atoms with E-state index >= 15 is 0 Å². The Morgan fingerprint density at radius 3 is 1.57 bits per heavy atom. The van der Waals surface area contributed by atoms with E-state index in [0.29, 0.717) is 0 Å². The highest BCUT2D eigenvalue weighted by Crippen LogP contribution is 2.62. The van der Waals surface area contributed by atoms with Crippen LogP contribution < -0.4 is 31.1 Å². The van der Waals surface area contributed by atoms with Crippen LogP contribution in [0.1, 0.15) is 139 Å². The second-order valence-corrected chi connectivity index (χ2v) is 27.1. The van der Waals surface area contributed by atoms with Crippen molar-refractivity contribution in [3.05, 3.63) is 196 Å². The van der Waals surface area contributed by atoms with Gasteiger partial charge in [-0.2, -0.15) is 0 Å². The SMILES string of the molecule is Cc1cc2c3c(c1)N(c1ccc(C(C)(C)C)cc1-c1ccccc1)c1cc4c(cc1B3c1ccc(N3c5c(C)cc(C)cc5C5(C)CCCCC35C)cc1N2c1ccc(C(C)(C)C)cc1-c1ccccc1)CC(C)(C)C4. The third-order valence-electron chi connectivity index (χ3n) is 19.0. The Bertz CT molecular complexity index is 3680. The Balaban J connectivity index is 1.14. The van der Waals surface area contributed by atoms with Gasteiger partial charge in [0, 0.05) is 50.7 Å². The molecule has 1 saturated carbocycles. The first-order chi connectivity index (χ1) is 36.1. The maximum absolute atomic E-state index is 2.82. The van der Waals surface area contributed by atoms with E-state index in [2.05, 4.69) is 256 Å². The molecule has 1 fully saturated rings. The summed E-state index contributed by atoms with van der Waals surface area (Å²) in [6, 6.07) is 60.0. The van der Waals surface area contributed by atoms with E-state index in [4.69, 9.17) is 0 Å². The van der Waals surface area contributed by atoms with Gasteiger partial charge in [0.2, 0.25) is 0 Å². The van der Waals surface area contributed by atoms with Crippen molar-refractivity contribution in [3.63, 3.8) is 0 Å². The lowest BCUT2D eigenvalue weighted by Gasteiger charge is -2.51. The summed E-state index contributed by atoms with van der Waals surface area (Å²) in [4.78, 5) is 8.22. The number of fused-ring (bicyclic) bond motifs is 8. The number of benzene rings is 8. The summed E-state index contributed by atoms with van der Waals surface area (Å²) in [6.45, 7) is 31.1. The Morgan fingerprint density at radius 2 is 1.00 bits per heavy atom. The molecule has 2 aliphatic carbocycles. The van der Waals surface area contributed by atoms with Crippen LogP contribution >= 0.6 is 0 Å². The minimum absolute atomic E-state index is 0.00000680. The second kappa shape index (κ2) is 16.9. The molecule has 0 N–H and O–H groups in total. The summed E-state index contributed by atoms with van der Waals surface area (Å²) in [5, 5.41) is 0. The molecule has 13 rings (SSSR count). The fourth-order valence-electron chi connectivity index (χ4n) is 15.0. The van der Waals surface area contributed by atoms with Crippen molar-refractivity contribution in [1.29, 1.82) is 0 Å². The smallest absolute Gasteiger partial charge is 0.252 e. The van der Waals surface area contributed by atoms with Crippen molar-refractivity contribution in [2.75, 3.05) is 14.7 Å². The van der Waals surface area contributed by atoms with E-state index in [1.165, 1.54) is 148 Å². The molecule has 76 heavy (non-hydrogen) atoms. The van der Waals surface area contributed by atoms with Crippen LogP contribution in [0.25, 0.3) is 22.3 Å². The number of anilines is 8. The molecule has 8 aromatic carbocycles. The van der Waals surface area contributed by atoms with Gasteiger partial charge in [-0.15, -0.1) is 0 Å². The zero-order valence-corrected chi connectivity index (χ0v) is 47.6. The van der Waals surface area contributed by atoms with Gasteiger partial charge in [-0.1, -0.05) is 178 Å². The monoisotopic (exact) mass is 994 g/mol. The highest BCUT2D eigenvalue weighted by Gasteiger charge is 2.58. The maximum atomic E-state index is 2.82. The van der Waals surface area contributed by atoms with E-state index in [0.717, 1.165) is 19.3 Å². The molecule has 0 spiro atoms. The van der Waals surface area contributed by atoms with Crippen LogP contribution in [-0.2, 0) is 29.1 Å². The molecule has 2 unspecified atom stereocenters. The molecular formula is C72H76BN3. The predicted octanol–water partition coefficient (Wildman–Crippen LogP) is 17.5. The number of hydrogen-bond acceptors (Lipinski definition) is 3. The molecule has 0 bridgehead atoms. The van der Waals surface area contributed by atoms with Crippen LogP contribution in [0.2, 0.25) is 0 Å². The third kappa shape index (κ3) is 7.35. The number of rotatable bonds is 5. The van der Waals surface area contributed by atoms with Crippen LogP contribution in [0.4, 0.5) is 45.5 Å². The average Bonchev–Trinajstić information content (AvgIpc) is 4.02. The highest BCUT2D eigenvalue weighted by molar-refractivity contribution is 7.00. The third-order valence-corrected chi connectivity index (χ3v) is 19.0. The van der Waals surface area contributed by atoms with Gasteiger partial charge in [0.15, 0.2) is 0 Å². The zero-order valence-electron chi connectivity index (χ0n) is 47.6. The maximum Gasteiger partial charge on any atom is 0.252 e. The molecule has 8 aromatic rings. The minimum atomic E-state index is -0.0879. The molecule has 0 saturated heterocycles. The molecule has 0 radical (unpaired) electrons. The summed E-state index contributed by atoms with van der Waals surface area (Å²) in [5.41, 5.74) is 30.6. The Morgan fingerprint density at radius 1 is 0.474 bits per heavy atom. The Hall–Kier alpha value is -6.78. The molecule has 3 nitrogen and oxygen atoms in total. The minimum Gasteiger partial charge on any atom is -0.334 e. The molecule has 0 amide bonds. The van der Waals surface area contributed by atoms with E-state index in [1.54, 1.807) is 0 Å². The van der Waals surface area contributed by atoms with Crippen molar-refractivity contribution in [1.82, 2.24) is 0 Å². The van der Waals surface area contributed by atoms with Crippen molar-refractivity contribution in [2.45, 2.75) is 150 Å². The van der Waals surface area contributed by atoms with E-state index in [1.807, 2.05) is 0 Å². The number of hydrogen-bond donors (Lipinski definition) is 0. The molecular weight excluding hydrogens is 918 g/mol. The summed E-state index contributed by atoms with van der Waals surface area (Å²) in [7, 11) is 0. The van der Waals surface area contributed by atoms with E-state index in [9.17, 15) is 0 Å². The standard InChI is InChI=1S/C72H76BN3/c1-45-34-47(3)67-57(35-45)71(12)32-20-21-33-72(71,13)76(67)54-28-29-58-63(42-54)75(61-31-27-53(69(7,8)9)41-56(61)49-24-18-15-19-25-49)65-37-46(2)36-64-66(65)73(58)59-38-50-43-70(10,11)44-51(50)39-62(59)74(64)60-30-26-52(68(4,5)6)40-55(60)48-22-16-14-17-23-48/h14-19,22-31,34-42H,20-21,32-33,43-44H2,1-13H3. The van der Waals surface area contributed by atoms with Crippen molar-refractivity contribution < 1.29 is 0 Å². The normalized spacial score (nSPS) is 20.0. The Labute approximate surface area is 455 Å². The summed E-state index contributed by atoms with van der Waals surface area (Å²) in [6.07, 6.45) is 7.01. The first kappa shape index (κ1) is 48.8. The van der Waals surface area contributed by atoms with Crippen molar-refractivity contribution >= 4 is 68.6 Å². The van der Waals surface area contributed by atoms with Crippen LogP contribution in [0.15, 0.2) is 152 Å². The largest absolute Gasteiger partial charge is 0.334 e. The fourth-order valence-corrected chi connectivity index (χ4v) is 15.0. The van der Waals surface area contributed by atoms with Gasteiger partial charge in [-0.05, 0) is 191 Å². The molecule has 2 atom stereocenters. The summed E-state index contributed by atoms with van der Waals surface area (Å²) < 4.78 is 0. The quantitative estimate of drug-likeness (QED) is 0.159. The van der Waals surface area contributed by atoms with E-state index in [-0.39, 0.29) is 33.9 Å². The number of nitrogens with zero attached hydrogens (tertiary/aromatic N) is 3. The first-order valence-corrected chi connectivity index (χ1v) is 28.5. The van der Waals surface area contributed by atoms with Crippen LogP contribution in [-0.4, -0.2) is 12.3 Å². The van der Waals surface area contributed by atoms with Crippen molar-refractivity contribution in [2.24, 2.45) is 5.41 Å². The first-order valence-electron chi connectivity index (χ1n) is 28.5. The molecule has 382 valence electrons. The highest BCUT2D eigenvalue weighted by atomic mass is 15.3. The fraction of sp³-hybridized carbons (Fsp3) is 0.333. The predicted molar refractivity (Wildman–Crippen MR) is 327 cm³/mol. The van der Waals surface area contributed by atoms with Gasteiger partial charge in [0.1, 0.15) is 0 Å². The summed E-state index contributed by atoms with van der Waals surface area (Å²) in [5.74, 6) is 0. The van der Waals surface area contributed by atoms with Gasteiger partial charge in [0.05, 0.1) is 16.9 Å². The zero-order chi connectivity index (χ0) is 53.0. The van der Waals surface area contributed by atoms with Crippen molar-refractivity contribution in [3.8, 4) is 22.3 Å². The van der Waals surface area contributed by atoms with Crippen LogP contribution in [0, 0.1) is 26.2 Å². The van der Waals surface area contributed by atoms with Crippen LogP contribution in [0.3, 0.4) is 0 Å². The van der Waals surface area contributed by atoms with E-state index < -0.39 is 0 Å². The molecule has 0 aromatic heterocycles. The molecule has 3 aliphatic heterocycles. The lowest BCUT2D eigenvalue weighted by Crippen LogP contribution is -2.61. The molecule has 3 heterocycles.